The van der Waals surface area contributed by atoms with E-state index in [1.165, 1.54) is 24.3 Å². The third-order valence-corrected chi connectivity index (χ3v) is 7.78. The molecule has 0 radical (unpaired) electrons. The van der Waals surface area contributed by atoms with Gasteiger partial charge in [0.1, 0.15) is 4.21 Å². The van der Waals surface area contributed by atoms with Crippen molar-refractivity contribution in [3.8, 4) is 0 Å². The molecule has 0 saturated carbocycles. The van der Waals surface area contributed by atoms with E-state index in [0.717, 1.165) is 17.8 Å². The van der Waals surface area contributed by atoms with Gasteiger partial charge in [-0.2, -0.15) is 0 Å². The lowest BCUT2D eigenvalue weighted by atomic mass is 9.97. The number of anilines is 2. The highest BCUT2D eigenvalue weighted by Gasteiger charge is 2.29. The van der Waals surface area contributed by atoms with Crippen molar-refractivity contribution in [3.05, 3.63) is 40.2 Å². The Hall–Kier alpha value is -2.30. The molecule has 8 nitrogen and oxygen atoms in total. The lowest BCUT2D eigenvalue weighted by Gasteiger charge is -2.34. The van der Waals surface area contributed by atoms with Gasteiger partial charge in [0.15, 0.2) is 0 Å². The molecule has 3 rings (SSSR count). The van der Waals surface area contributed by atoms with Crippen LogP contribution in [0.1, 0.15) is 30.1 Å². The fraction of sp³-hybridized carbons (Fsp3) is 0.368. The number of rotatable bonds is 7. The summed E-state index contributed by atoms with van der Waals surface area (Å²) >= 11 is 6.71. The molecule has 162 valence electrons. The maximum atomic E-state index is 12.5. The van der Waals surface area contributed by atoms with Crippen LogP contribution in [0, 0.1) is 5.92 Å². The number of sulfonamides is 1. The molecule has 30 heavy (non-hydrogen) atoms. The highest BCUT2D eigenvalue weighted by molar-refractivity contribution is 7.94. The third kappa shape index (κ3) is 5.05. The van der Waals surface area contributed by atoms with Crippen molar-refractivity contribution in [1.82, 2.24) is 0 Å². The Morgan fingerprint density at radius 1 is 1.33 bits per heavy atom. The van der Waals surface area contributed by atoms with Crippen LogP contribution in [-0.4, -0.2) is 45.2 Å². The predicted octanol–water partition coefficient (Wildman–Crippen LogP) is 3.68. The number of aromatic carboxylic acids is 1. The van der Waals surface area contributed by atoms with Gasteiger partial charge >= 0.3 is 11.9 Å². The lowest BCUT2D eigenvalue weighted by molar-refractivity contribution is -0.148. The molecule has 2 N–H and O–H groups in total. The van der Waals surface area contributed by atoms with E-state index in [1.807, 2.05) is 4.90 Å². The first-order valence-electron chi connectivity index (χ1n) is 9.28. The summed E-state index contributed by atoms with van der Waals surface area (Å²) in [6.07, 6.45) is 1.40. The molecule has 1 saturated heterocycles. The Labute approximate surface area is 183 Å². The van der Waals surface area contributed by atoms with Gasteiger partial charge in [-0.15, -0.1) is 11.3 Å². The standard InChI is InChI=1S/C19H21ClN2O6S2/c1-2-28-19(25)12-4-3-9-22(11-12)15-6-5-13(10-14(15)18(23)24)21-30(26,27)17-8-7-16(20)29-17/h5-8,10,12,21H,2-4,9,11H2,1H3,(H,23,24)/t12-/m0/s1. The second-order valence-electron chi connectivity index (χ2n) is 6.74. The quantitative estimate of drug-likeness (QED) is 0.591. The number of thiophene rings is 1. The molecule has 2 aromatic rings. The van der Waals surface area contributed by atoms with Crippen molar-refractivity contribution in [2.24, 2.45) is 5.92 Å². The topological polar surface area (TPSA) is 113 Å². The van der Waals surface area contributed by atoms with Crippen molar-refractivity contribution in [2.45, 2.75) is 24.0 Å². The number of benzene rings is 1. The Bertz CT molecular complexity index is 1050. The zero-order valence-corrected chi connectivity index (χ0v) is 18.5. The van der Waals surface area contributed by atoms with Crippen molar-refractivity contribution in [2.75, 3.05) is 29.3 Å². The normalized spacial score (nSPS) is 16.9. The SMILES string of the molecule is CCOC(=O)[C@H]1CCCN(c2ccc(NS(=O)(=O)c3ccc(Cl)s3)cc2C(=O)O)C1. The molecule has 2 heterocycles. The van der Waals surface area contributed by atoms with E-state index >= 15 is 0 Å². The van der Waals surface area contributed by atoms with Gasteiger partial charge < -0.3 is 14.7 Å². The molecule has 1 fully saturated rings. The highest BCUT2D eigenvalue weighted by atomic mass is 35.5. The summed E-state index contributed by atoms with van der Waals surface area (Å²) < 4.78 is 32.8. The molecule has 0 unspecified atom stereocenters. The lowest BCUT2D eigenvalue weighted by Crippen LogP contribution is -2.40. The molecule has 1 aliphatic heterocycles. The van der Waals surface area contributed by atoms with Crippen LogP contribution in [0.2, 0.25) is 4.34 Å². The second-order valence-corrected chi connectivity index (χ2v) is 10.4. The maximum absolute atomic E-state index is 12.5. The van der Waals surface area contributed by atoms with E-state index in [4.69, 9.17) is 16.3 Å². The number of hydrogen-bond donors (Lipinski definition) is 2. The largest absolute Gasteiger partial charge is 0.478 e. The number of halogens is 1. The second kappa shape index (κ2) is 9.23. The number of ether oxygens (including phenoxy) is 1. The summed E-state index contributed by atoms with van der Waals surface area (Å²) in [7, 11) is -3.88. The van der Waals surface area contributed by atoms with E-state index in [2.05, 4.69) is 4.72 Å². The molecule has 0 aliphatic carbocycles. The van der Waals surface area contributed by atoms with Gasteiger partial charge in [-0.1, -0.05) is 11.6 Å². The monoisotopic (exact) mass is 472 g/mol. The van der Waals surface area contributed by atoms with Gasteiger partial charge in [0.2, 0.25) is 0 Å². The highest BCUT2D eigenvalue weighted by Crippen LogP contribution is 2.31. The van der Waals surface area contributed by atoms with E-state index in [-0.39, 0.29) is 27.3 Å². The molecule has 1 aromatic carbocycles. The Morgan fingerprint density at radius 3 is 2.73 bits per heavy atom. The molecule has 1 aromatic heterocycles. The maximum Gasteiger partial charge on any atom is 0.337 e. The van der Waals surface area contributed by atoms with Crippen molar-refractivity contribution in [1.29, 1.82) is 0 Å². The molecule has 0 amide bonds. The van der Waals surface area contributed by atoms with Crippen molar-refractivity contribution in [3.63, 3.8) is 0 Å². The minimum Gasteiger partial charge on any atom is -0.478 e. The summed E-state index contributed by atoms with van der Waals surface area (Å²) in [5.41, 5.74) is 0.502. The zero-order chi connectivity index (χ0) is 21.9. The first-order chi connectivity index (χ1) is 14.2. The molecular weight excluding hydrogens is 452 g/mol. The van der Waals surface area contributed by atoms with Crippen LogP contribution in [0.3, 0.4) is 0 Å². The third-order valence-electron chi connectivity index (χ3n) is 4.67. The summed E-state index contributed by atoms with van der Waals surface area (Å²) in [5.74, 6) is -1.82. The number of nitrogens with zero attached hydrogens (tertiary/aromatic N) is 1. The van der Waals surface area contributed by atoms with Crippen molar-refractivity contribution < 1.29 is 27.9 Å². The van der Waals surface area contributed by atoms with Gasteiger partial charge in [0.25, 0.3) is 10.0 Å². The Kier molecular flexibility index (Phi) is 6.89. The number of carbonyl (C=O) groups excluding carboxylic acids is 1. The number of carbonyl (C=O) groups is 2. The van der Waals surface area contributed by atoms with Gasteiger partial charge in [-0.05, 0) is 50.1 Å². The smallest absolute Gasteiger partial charge is 0.337 e. The Morgan fingerprint density at radius 2 is 2.10 bits per heavy atom. The first-order valence-corrected chi connectivity index (χ1v) is 12.0. The van der Waals surface area contributed by atoms with Crippen LogP contribution in [-0.2, 0) is 19.6 Å². The van der Waals surface area contributed by atoms with Gasteiger partial charge in [-0.3, -0.25) is 9.52 Å². The van der Waals surface area contributed by atoms with Crippen LogP contribution < -0.4 is 9.62 Å². The van der Waals surface area contributed by atoms with Crippen LogP contribution in [0.25, 0.3) is 0 Å². The predicted molar refractivity (Wildman–Crippen MR) is 115 cm³/mol. The average molecular weight is 473 g/mol. The van der Waals surface area contributed by atoms with Crippen LogP contribution in [0.4, 0.5) is 11.4 Å². The molecule has 1 aliphatic rings. The van der Waals surface area contributed by atoms with E-state index in [0.29, 0.717) is 36.1 Å². The summed E-state index contributed by atoms with van der Waals surface area (Å²) in [4.78, 5) is 25.8. The molecule has 0 spiro atoms. The Balaban J connectivity index is 1.85. The van der Waals surface area contributed by atoms with Gasteiger partial charge in [0, 0.05) is 18.8 Å². The fourth-order valence-electron chi connectivity index (χ4n) is 3.34. The number of carboxylic acid groups (broad SMARTS) is 1. The molecule has 1 atom stereocenters. The number of carboxylic acids is 1. The van der Waals surface area contributed by atoms with Crippen LogP contribution in [0.15, 0.2) is 34.5 Å². The summed E-state index contributed by atoms with van der Waals surface area (Å²) in [5, 5.41) is 9.69. The van der Waals surface area contributed by atoms with Crippen LogP contribution in [0.5, 0.6) is 0 Å². The van der Waals surface area contributed by atoms with E-state index < -0.39 is 16.0 Å². The first kappa shape index (κ1) is 22.4. The van der Waals surface area contributed by atoms with Gasteiger partial charge in [0.05, 0.1) is 28.1 Å². The van der Waals surface area contributed by atoms with Crippen molar-refractivity contribution >= 4 is 56.3 Å². The molecule has 11 heteroatoms. The minimum absolute atomic E-state index is 0.0294. The average Bonchev–Trinajstić information content (AvgIpc) is 3.15. The van der Waals surface area contributed by atoms with E-state index in [9.17, 15) is 23.1 Å². The number of hydrogen-bond acceptors (Lipinski definition) is 7. The number of piperidine rings is 1. The fourth-order valence-corrected chi connectivity index (χ4v) is 5.87. The van der Waals surface area contributed by atoms with Gasteiger partial charge in [-0.25, -0.2) is 13.2 Å². The summed E-state index contributed by atoms with van der Waals surface area (Å²) in [6.45, 7) is 2.97. The number of nitrogens with one attached hydrogen (secondary N) is 1. The molecular formula is C19H21ClN2O6S2. The number of esters is 1. The summed E-state index contributed by atoms with van der Waals surface area (Å²) in [6, 6.07) is 7.19. The zero-order valence-electron chi connectivity index (χ0n) is 16.1. The minimum atomic E-state index is -3.88. The molecule has 0 bridgehead atoms. The van der Waals surface area contributed by atoms with Crippen LogP contribution >= 0.6 is 22.9 Å². The van der Waals surface area contributed by atoms with E-state index in [1.54, 1.807) is 13.0 Å².